The van der Waals surface area contributed by atoms with E-state index in [1.807, 2.05) is 20.8 Å². The Hall–Kier alpha value is -1.23. The Bertz CT molecular complexity index is 281. The number of hydrogen-bond donors (Lipinski definition) is 2. The first-order valence-electron chi connectivity index (χ1n) is 5.49. The molecule has 1 amide bonds. The highest BCUT2D eigenvalue weighted by molar-refractivity contribution is 5.67. The summed E-state index contributed by atoms with van der Waals surface area (Å²) in [5.74, 6) is 0. The molecule has 5 nitrogen and oxygen atoms in total. The molecule has 0 radical (unpaired) electrons. The van der Waals surface area contributed by atoms with Crippen molar-refractivity contribution < 1.29 is 9.53 Å². The van der Waals surface area contributed by atoms with Crippen LogP contribution in [0.15, 0.2) is 11.8 Å². The standard InChI is InChI=1S/C11H21N3O2/c1-11(2,3)16-10(15)13-12-9-5-7-14(4)8-6-9/h5,12H,6-8H2,1-4H3,(H,13,15). The van der Waals surface area contributed by atoms with Gasteiger partial charge in [0.15, 0.2) is 0 Å². The van der Waals surface area contributed by atoms with Gasteiger partial charge in [0, 0.05) is 25.2 Å². The van der Waals surface area contributed by atoms with Crippen molar-refractivity contribution in [3.63, 3.8) is 0 Å². The number of rotatable bonds is 2. The molecule has 0 aromatic carbocycles. The van der Waals surface area contributed by atoms with Gasteiger partial charge in [0.05, 0.1) is 0 Å². The molecular formula is C11H21N3O2. The Labute approximate surface area is 96.8 Å². The van der Waals surface area contributed by atoms with Gasteiger partial charge in [-0.1, -0.05) is 0 Å². The lowest BCUT2D eigenvalue weighted by Crippen LogP contribution is -2.42. The molecule has 0 aromatic rings. The summed E-state index contributed by atoms with van der Waals surface area (Å²) in [6, 6.07) is 0. The second-order valence-electron chi connectivity index (χ2n) is 4.99. The van der Waals surface area contributed by atoms with Crippen LogP contribution in [-0.4, -0.2) is 36.7 Å². The van der Waals surface area contributed by atoms with Crippen LogP contribution >= 0.6 is 0 Å². The number of hydrazine groups is 1. The molecule has 0 aliphatic carbocycles. The minimum Gasteiger partial charge on any atom is -0.443 e. The molecule has 0 saturated carbocycles. The first kappa shape index (κ1) is 12.8. The van der Waals surface area contributed by atoms with E-state index < -0.39 is 11.7 Å². The van der Waals surface area contributed by atoms with Crippen LogP contribution in [0.3, 0.4) is 0 Å². The molecular weight excluding hydrogens is 206 g/mol. The van der Waals surface area contributed by atoms with Crippen molar-refractivity contribution in [3.8, 4) is 0 Å². The molecule has 0 fully saturated rings. The highest BCUT2D eigenvalue weighted by Crippen LogP contribution is 2.07. The van der Waals surface area contributed by atoms with Crippen LogP contribution in [0.2, 0.25) is 0 Å². The van der Waals surface area contributed by atoms with E-state index in [0.717, 1.165) is 25.2 Å². The molecule has 1 aliphatic rings. The lowest BCUT2D eigenvalue weighted by molar-refractivity contribution is 0.0504. The molecule has 1 aliphatic heterocycles. The number of amides is 1. The molecule has 1 heterocycles. The van der Waals surface area contributed by atoms with E-state index in [4.69, 9.17) is 4.74 Å². The summed E-state index contributed by atoms with van der Waals surface area (Å²) in [6.45, 7) is 7.40. The van der Waals surface area contributed by atoms with Crippen molar-refractivity contribution in [1.82, 2.24) is 15.8 Å². The first-order valence-corrected chi connectivity index (χ1v) is 5.49. The van der Waals surface area contributed by atoms with Crippen LogP contribution in [0.1, 0.15) is 27.2 Å². The normalized spacial score (nSPS) is 17.6. The fourth-order valence-corrected chi connectivity index (χ4v) is 1.32. The molecule has 92 valence electrons. The highest BCUT2D eigenvalue weighted by atomic mass is 16.6. The van der Waals surface area contributed by atoms with E-state index in [1.54, 1.807) is 0 Å². The van der Waals surface area contributed by atoms with E-state index in [-0.39, 0.29) is 0 Å². The summed E-state index contributed by atoms with van der Waals surface area (Å²) in [5, 5.41) is 0. The maximum absolute atomic E-state index is 11.3. The van der Waals surface area contributed by atoms with Gasteiger partial charge in [0.2, 0.25) is 0 Å². The second-order valence-corrected chi connectivity index (χ2v) is 4.99. The first-order chi connectivity index (χ1) is 7.37. The van der Waals surface area contributed by atoms with Crippen molar-refractivity contribution >= 4 is 6.09 Å². The molecule has 0 spiro atoms. The third-order valence-corrected chi connectivity index (χ3v) is 2.14. The van der Waals surface area contributed by atoms with Gasteiger partial charge >= 0.3 is 6.09 Å². The highest BCUT2D eigenvalue weighted by Gasteiger charge is 2.16. The molecule has 0 saturated heterocycles. The smallest absolute Gasteiger partial charge is 0.426 e. The van der Waals surface area contributed by atoms with E-state index >= 15 is 0 Å². The lowest BCUT2D eigenvalue weighted by Gasteiger charge is -2.24. The minimum absolute atomic E-state index is 0.452. The van der Waals surface area contributed by atoms with Crippen molar-refractivity contribution in [1.29, 1.82) is 0 Å². The van der Waals surface area contributed by atoms with Gasteiger partial charge in [-0.3, -0.25) is 0 Å². The number of likely N-dealkylation sites (N-methyl/N-ethyl adjacent to an activating group) is 1. The number of carbonyl (C=O) groups is 1. The Morgan fingerprint density at radius 3 is 2.69 bits per heavy atom. The molecule has 0 aromatic heterocycles. The maximum Gasteiger partial charge on any atom is 0.426 e. The fraction of sp³-hybridized carbons (Fsp3) is 0.727. The predicted octanol–water partition coefficient (Wildman–Crippen LogP) is 1.24. The van der Waals surface area contributed by atoms with Crippen LogP contribution in [-0.2, 0) is 4.74 Å². The van der Waals surface area contributed by atoms with Crippen LogP contribution in [0.25, 0.3) is 0 Å². The zero-order chi connectivity index (χ0) is 12.2. The van der Waals surface area contributed by atoms with E-state index in [0.29, 0.717) is 0 Å². The molecule has 0 bridgehead atoms. The number of nitrogens with one attached hydrogen (secondary N) is 2. The van der Waals surface area contributed by atoms with Gasteiger partial charge in [0.25, 0.3) is 0 Å². The maximum atomic E-state index is 11.3. The van der Waals surface area contributed by atoms with E-state index in [1.165, 1.54) is 0 Å². The van der Waals surface area contributed by atoms with Crippen LogP contribution < -0.4 is 10.9 Å². The molecule has 5 heteroatoms. The summed E-state index contributed by atoms with van der Waals surface area (Å²) < 4.78 is 5.10. The largest absolute Gasteiger partial charge is 0.443 e. The molecule has 1 rings (SSSR count). The average Bonchev–Trinajstić information content (AvgIpc) is 2.14. The monoisotopic (exact) mass is 227 g/mol. The molecule has 0 unspecified atom stereocenters. The Morgan fingerprint density at radius 1 is 1.50 bits per heavy atom. The zero-order valence-corrected chi connectivity index (χ0v) is 10.5. The Morgan fingerprint density at radius 2 is 2.19 bits per heavy atom. The molecule has 0 atom stereocenters. The summed E-state index contributed by atoms with van der Waals surface area (Å²) >= 11 is 0. The van der Waals surface area contributed by atoms with Crippen LogP contribution in [0.5, 0.6) is 0 Å². The van der Waals surface area contributed by atoms with Crippen molar-refractivity contribution in [2.45, 2.75) is 32.8 Å². The zero-order valence-electron chi connectivity index (χ0n) is 10.5. The summed E-state index contributed by atoms with van der Waals surface area (Å²) in [7, 11) is 2.06. The van der Waals surface area contributed by atoms with Gasteiger partial charge in [-0.15, -0.1) is 0 Å². The Balaban J connectivity index is 2.27. The van der Waals surface area contributed by atoms with Crippen LogP contribution in [0.4, 0.5) is 4.79 Å². The van der Waals surface area contributed by atoms with Gasteiger partial charge in [-0.05, 0) is 33.9 Å². The summed E-state index contributed by atoms with van der Waals surface area (Å²) in [5.41, 5.74) is 5.97. The Kier molecular flexibility index (Phi) is 4.18. The fourth-order valence-electron chi connectivity index (χ4n) is 1.32. The summed E-state index contributed by atoms with van der Waals surface area (Å²) in [4.78, 5) is 13.5. The number of carbonyl (C=O) groups excluding carboxylic acids is 1. The number of ether oxygens (including phenoxy) is 1. The van der Waals surface area contributed by atoms with Gasteiger partial charge in [0.1, 0.15) is 5.60 Å². The SMILES string of the molecule is CN1CC=C(NNC(=O)OC(C)(C)C)CC1. The van der Waals surface area contributed by atoms with Crippen LogP contribution in [0, 0.1) is 0 Å². The molecule has 16 heavy (non-hydrogen) atoms. The number of nitrogens with zero attached hydrogens (tertiary/aromatic N) is 1. The van der Waals surface area contributed by atoms with Crippen molar-refractivity contribution in [2.24, 2.45) is 0 Å². The van der Waals surface area contributed by atoms with E-state index in [9.17, 15) is 4.79 Å². The quantitative estimate of drug-likeness (QED) is 0.697. The number of hydrogen-bond acceptors (Lipinski definition) is 4. The lowest BCUT2D eigenvalue weighted by atomic mass is 10.2. The van der Waals surface area contributed by atoms with Crippen molar-refractivity contribution in [2.75, 3.05) is 20.1 Å². The third-order valence-electron chi connectivity index (χ3n) is 2.14. The third kappa shape index (κ3) is 5.02. The molecule has 2 N–H and O–H groups in total. The average molecular weight is 227 g/mol. The second kappa shape index (κ2) is 5.21. The minimum atomic E-state index is -0.465. The predicted molar refractivity (Wildman–Crippen MR) is 62.7 cm³/mol. The van der Waals surface area contributed by atoms with Gasteiger partial charge in [-0.25, -0.2) is 10.2 Å². The topological polar surface area (TPSA) is 53.6 Å². The van der Waals surface area contributed by atoms with E-state index in [2.05, 4.69) is 28.9 Å². The van der Waals surface area contributed by atoms with Gasteiger partial charge < -0.3 is 15.1 Å². The van der Waals surface area contributed by atoms with Crippen molar-refractivity contribution in [3.05, 3.63) is 11.8 Å². The summed E-state index contributed by atoms with van der Waals surface area (Å²) in [6.07, 6.45) is 2.51. The van der Waals surface area contributed by atoms with Gasteiger partial charge in [-0.2, -0.15) is 0 Å².